The molecule has 0 aliphatic heterocycles. The SMILES string of the molecule is O=C(O)CCc1c(C(=O)NC2CCCCC2)ccc2ccccc12. The van der Waals surface area contributed by atoms with Gasteiger partial charge in [0.05, 0.1) is 0 Å². The Balaban J connectivity index is 1.91. The van der Waals surface area contributed by atoms with Crippen molar-refractivity contribution in [2.45, 2.75) is 51.0 Å². The fourth-order valence-corrected chi connectivity index (χ4v) is 3.56. The van der Waals surface area contributed by atoms with Crippen molar-refractivity contribution in [3.63, 3.8) is 0 Å². The lowest BCUT2D eigenvalue weighted by molar-refractivity contribution is -0.136. The molecule has 0 radical (unpaired) electrons. The minimum atomic E-state index is -0.846. The van der Waals surface area contributed by atoms with Crippen LogP contribution in [-0.2, 0) is 11.2 Å². The molecule has 2 aromatic carbocycles. The van der Waals surface area contributed by atoms with Crippen LogP contribution < -0.4 is 5.32 Å². The van der Waals surface area contributed by atoms with Crippen molar-refractivity contribution in [1.29, 1.82) is 0 Å². The second-order valence-corrected chi connectivity index (χ2v) is 6.51. The molecule has 1 aliphatic rings. The van der Waals surface area contributed by atoms with Gasteiger partial charge < -0.3 is 10.4 Å². The molecule has 0 spiro atoms. The Morgan fingerprint density at radius 3 is 2.54 bits per heavy atom. The predicted octanol–water partition coefficient (Wildman–Crippen LogP) is 3.92. The summed E-state index contributed by atoms with van der Waals surface area (Å²) in [6, 6.07) is 11.8. The van der Waals surface area contributed by atoms with Gasteiger partial charge in [-0.3, -0.25) is 9.59 Å². The zero-order valence-corrected chi connectivity index (χ0v) is 13.8. The maximum Gasteiger partial charge on any atom is 0.303 e. The Hall–Kier alpha value is -2.36. The minimum Gasteiger partial charge on any atom is -0.481 e. The zero-order chi connectivity index (χ0) is 16.9. The highest BCUT2D eigenvalue weighted by Crippen LogP contribution is 2.25. The van der Waals surface area contributed by atoms with E-state index in [1.54, 1.807) is 0 Å². The van der Waals surface area contributed by atoms with Gasteiger partial charge in [0.25, 0.3) is 5.91 Å². The standard InChI is InChI=1S/C20H23NO3/c22-19(23)13-12-17-16-9-5-4-6-14(16)10-11-18(17)20(24)21-15-7-2-1-3-8-15/h4-6,9-11,15H,1-3,7-8,12-13H2,(H,21,24)(H,22,23). The first kappa shape index (κ1) is 16.5. The average Bonchev–Trinajstić information content (AvgIpc) is 2.60. The molecular weight excluding hydrogens is 302 g/mol. The van der Waals surface area contributed by atoms with Gasteiger partial charge in [-0.25, -0.2) is 0 Å². The summed E-state index contributed by atoms with van der Waals surface area (Å²) in [4.78, 5) is 23.8. The quantitative estimate of drug-likeness (QED) is 0.875. The first-order valence-corrected chi connectivity index (χ1v) is 8.68. The molecule has 0 unspecified atom stereocenters. The van der Waals surface area contributed by atoms with E-state index in [2.05, 4.69) is 5.32 Å². The Bertz CT molecular complexity index is 748. The molecule has 126 valence electrons. The Kier molecular flexibility index (Phi) is 5.14. The van der Waals surface area contributed by atoms with Crippen LogP contribution in [0.1, 0.15) is 54.4 Å². The number of fused-ring (bicyclic) bond motifs is 1. The third-order valence-electron chi connectivity index (χ3n) is 4.81. The van der Waals surface area contributed by atoms with E-state index < -0.39 is 5.97 Å². The van der Waals surface area contributed by atoms with Crippen LogP contribution in [0.2, 0.25) is 0 Å². The molecule has 0 saturated heterocycles. The van der Waals surface area contributed by atoms with Crippen molar-refractivity contribution in [3.05, 3.63) is 47.5 Å². The Morgan fingerprint density at radius 1 is 1.04 bits per heavy atom. The van der Waals surface area contributed by atoms with Crippen molar-refractivity contribution in [2.24, 2.45) is 0 Å². The highest BCUT2D eigenvalue weighted by atomic mass is 16.4. The molecule has 1 saturated carbocycles. The number of benzene rings is 2. The van der Waals surface area contributed by atoms with Gasteiger partial charge in [0.15, 0.2) is 0 Å². The molecule has 4 heteroatoms. The molecule has 0 bridgehead atoms. The predicted molar refractivity (Wildman–Crippen MR) is 94.2 cm³/mol. The number of carboxylic acids is 1. The number of nitrogens with one attached hydrogen (secondary N) is 1. The van der Waals surface area contributed by atoms with Crippen molar-refractivity contribution in [2.75, 3.05) is 0 Å². The van der Waals surface area contributed by atoms with Crippen LogP contribution in [0.25, 0.3) is 10.8 Å². The lowest BCUT2D eigenvalue weighted by Crippen LogP contribution is -2.36. The summed E-state index contributed by atoms with van der Waals surface area (Å²) in [5.41, 5.74) is 1.45. The van der Waals surface area contributed by atoms with Crippen LogP contribution in [0.5, 0.6) is 0 Å². The van der Waals surface area contributed by atoms with Crippen molar-refractivity contribution in [3.8, 4) is 0 Å². The van der Waals surface area contributed by atoms with E-state index in [0.29, 0.717) is 12.0 Å². The van der Waals surface area contributed by atoms with Crippen molar-refractivity contribution in [1.82, 2.24) is 5.32 Å². The first-order chi connectivity index (χ1) is 11.6. The number of carbonyl (C=O) groups excluding carboxylic acids is 1. The van der Waals surface area contributed by atoms with Gasteiger partial charge in [-0.15, -0.1) is 0 Å². The normalized spacial score (nSPS) is 15.3. The lowest BCUT2D eigenvalue weighted by Gasteiger charge is -2.23. The molecule has 1 aliphatic carbocycles. The van der Waals surface area contributed by atoms with Crippen LogP contribution in [0.15, 0.2) is 36.4 Å². The highest BCUT2D eigenvalue weighted by molar-refractivity contribution is 6.01. The zero-order valence-electron chi connectivity index (χ0n) is 13.8. The summed E-state index contributed by atoms with van der Waals surface area (Å²) >= 11 is 0. The molecule has 4 nitrogen and oxygen atoms in total. The van der Waals surface area contributed by atoms with Gasteiger partial charge in [0.2, 0.25) is 0 Å². The molecule has 3 rings (SSSR count). The number of carbonyl (C=O) groups is 2. The summed E-state index contributed by atoms with van der Waals surface area (Å²) in [5, 5.41) is 14.2. The molecule has 24 heavy (non-hydrogen) atoms. The molecule has 2 N–H and O–H groups in total. The maximum atomic E-state index is 12.8. The van der Waals surface area contributed by atoms with E-state index in [0.717, 1.165) is 42.0 Å². The largest absolute Gasteiger partial charge is 0.481 e. The van der Waals surface area contributed by atoms with Crippen LogP contribution >= 0.6 is 0 Å². The van der Waals surface area contributed by atoms with Crippen molar-refractivity contribution >= 4 is 22.6 Å². The fraction of sp³-hybridized carbons (Fsp3) is 0.400. The van der Waals surface area contributed by atoms with Crippen LogP contribution in [-0.4, -0.2) is 23.0 Å². The number of carboxylic acid groups (broad SMARTS) is 1. The van der Waals surface area contributed by atoms with Crippen molar-refractivity contribution < 1.29 is 14.7 Å². The Morgan fingerprint density at radius 2 is 1.79 bits per heavy atom. The number of aryl methyl sites for hydroxylation is 1. The summed E-state index contributed by atoms with van der Waals surface area (Å²) in [5.74, 6) is -0.922. The van der Waals surface area contributed by atoms with E-state index in [9.17, 15) is 9.59 Å². The number of hydrogen-bond acceptors (Lipinski definition) is 2. The molecule has 1 amide bonds. The second kappa shape index (κ2) is 7.47. The number of hydrogen-bond donors (Lipinski definition) is 2. The van der Waals surface area contributed by atoms with E-state index >= 15 is 0 Å². The topological polar surface area (TPSA) is 66.4 Å². The van der Waals surface area contributed by atoms with Gasteiger partial charge in [-0.1, -0.05) is 49.6 Å². The molecular formula is C20H23NO3. The molecule has 0 heterocycles. The van der Waals surface area contributed by atoms with E-state index in [-0.39, 0.29) is 18.4 Å². The summed E-state index contributed by atoms with van der Waals surface area (Å²) in [6.45, 7) is 0. The minimum absolute atomic E-state index is 0.0255. The summed E-state index contributed by atoms with van der Waals surface area (Å²) < 4.78 is 0. The number of aliphatic carboxylic acids is 1. The van der Waals surface area contributed by atoms with E-state index in [1.807, 2.05) is 36.4 Å². The van der Waals surface area contributed by atoms with Crippen LogP contribution in [0, 0.1) is 0 Å². The van der Waals surface area contributed by atoms with E-state index in [1.165, 1.54) is 6.42 Å². The van der Waals surface area contributed by atoms with Gasteiger partial charge in [0, 0.05) is 18.0 Å². The molecule has 1 fully saturated rings. The van der Waals surface area contributed by atoms with Crippen LogP contribution in [0.3, 0.4) is 0 Å². The van der Waals surface area contributed by atoms with Crippen LogP contribution in [0.4, 0.5) is 0 Å². The van der Waals surface area contributed by atoms with Gasteiger partial charge in [-0.05, 0) is 41.7 Å². The third-order valence-corrected chi connectivity index (χ3v) is 4.81. The molecule has 0 atom stereocenters. The fourth-order valence-electron chi connectivity index (χ4n) is 3.56. The first-order valence-electron chi connectivity index (χ1n) is 8.68. The molecule has 0 aromatic heterocycles. The Labute approximate surface area is 141 Å². The van der Waals surface area contributed by atoms with Gasteiger partial charge in [0.1, 0.15) is 0 Å². The van der Waals surface area contributed by atoms with Gasteiger partial charge >= 0.3 is 5.97 Å². The maximum absolute atomic E-state index is 12.8. The van der Waals surface area contributed by atoms with E-state index in [4.69, 9.17) is 5.11 Å². The monoisotopic (exact) mass is 325 g/mol. The smallest absolute Gasteiger partial charge is 0.303 e. The third kappa shape index (κ3) is 3.75. The number of amides is 1. The summed E-state index contributed by atoms with van der Waals surface area (Å²) in [6.07, 6.45) is 6.02. The number of rotatable bonds is 5. The average molecular weight is 325 g/mol. The summed E-state index contributed by atoms with van der Waals surface area (Å²) in [7, 11) is 0. The lowest BCUT2D eigenvalue weighted by atomic mass is 9.93. The van der Waals surface area contributed by atoms with Gasteiger partial charge in [-0.2, -0.15) is 0 Å². The molecule has 2 aromatic rings. The second-order valence-electron chi connectivity index (χ2n) is 6.51. The highest BCUT2D eigenvalue weighted by Gasteiger charge is 2.20.